The molecule has 0 aliphatic carbocycles. The molecule has 2 rings (SSSR count). The van der Waals surface area contributed by atoms with Crippen LogP contribution in [0, 0.1) is 0 Å². The molecule has 0 aromatic carbocycles. The summed E-state index contributed by atoms with van der Waals surface area (Å²) in [5, 5.41) is 4.73. The van der Waals surface area contributed by atoms with Crippen LogP contribution in [0.2, 0.25) is 5.02 Å². The highest BCUT2D eigenvalue weighted by Gasteiger charge is 2.08. The highest BCUT2D eigenvalue weighted by Crippen LogP contribution is 2.14. The Morgan fingerprint density at radius 1 is 1.56 bits per heavy atom. The van der Waals surface area contributed by atoms with Gasteiger partial charge in [-0.3, -0.25) is 0 Å². The largest absolute Gasteiger partial charge is 0.328 e. The summed E-state index contributed by atoms with van der Waals surface area (Å²) in [6.45, 7) is 1.97. The molecule has 84 valence electrons. The predicted molar refractivity (Wildman–Crippen MR) is 63.7 cm³/mol. The second-order valence-electron chi connectivity index (χ2n) is 3.77. The van der Waals surface area contributed by atoms with Gasteiger partial charge < -0.3 is 5.73 Å². The average Bonchev–Trinajstić information content (AvgIpc) is 2.65. The van der Waals surface area contributed by atoms with Crippen molar-refractivity contribution in [2.75, 3.05) is 0 Å². The summed E-state index contributed by atoms with van der Waals surface area (Å²) in [7, 11) is 0. The van der Waals surface area contributed by atoms with Crippen LogP contribution >= 0.6 is 11.6 Å². The highest BCUT2D eigenvalue weighted by molar-refractivity contribution is 6.30. The molecule has 2 heterocycles. The summed E-state index contributed by atoms with van der Waals surface area (Å²) >= 11 is 5.83. The molecule has 0 bridgehead atoms. The molecule has 0 amide bonds. The van der Waals surface area contributed by atoms with E-state index >= 15 is 0 Å². The van der Waals surface area contributed by atoms with E-state index in [1.807, 2.05) is 19.1 Å². The lowest BCUT2D eigenvalue weighted by Crippen LogP contribution is -2.19. The highest BCUT2D eigenvalue weighted by atomic mass is 35.5. The zero-order chi connectivity index (χ0) is 11.5. The summed E-state index contributed by atoms with van der Waals surface area (Å²) in [5.41, 5.74) is 6.86. The number of nitrogens with two attached hydrogens (primary N) is 1. The van der Waals surface area contributed by atoms with Crippen LogP contribution < -0.4 is 5.73 Å². The van der Waals surface area contributed by atoms with Crippen LogP contribution in [0.25, 0.3) is 5.82 Å². The molecule has 2 aromatic heterocycles. The molecule has 0 spiro atoms. The summed E-state index contributed by atoms with van der Waals surface area (Å²) in [4.78, 5) is 4.30. The van der Waals surface area contributed by atoms with Crippen molar-refractivity contribution in [1.82, 2.24) is 14.8 Å². The molecule has 1 atom stereocenters. The van der Waals surface area contributed by atoms with Crippen molar-refractivity contribution in [2.24, 2.45) is 5.73 Å². The summed E-state index contributed by atoms with van der Waals surface area (Å²) in [5.74, 6) is 0.784. The van der Waals surface area contributed by atoms with E-state index in [0.717, 1.165) is 17.8 Å². The first-order valence-corrected chi connectivity index (χ1v) is 5.44. The van der Waals surface area contributed by atoms with Gasteiger partial charge in [-0.05, 0) is 25.0 Å². The fraction of sp³-hybridized carbons (Fsp3) is 0.273. The van der Waals surface area contributed by atoms with Crippen LogP contribution in [0.15, 0.2) is 30.7 Å². The molecule has 16 heavy (non-hydrogen) atoms. The molecule has 4 nitrogen and oxygen atoms in total. The molecule has 0 aliphatic rings. The average molecular weight is 237 g/mol. The van der Waals surface area contributed by atoms with E-state index in [-0.39, 0.29) is 6.04 Å². The second-order valence-corrected chi connectivity index (χ2v) is 4.21. The summed E-state index contributed by atoms with van der Waals surface area (Å²) in [6, 6.07) is 3.99. The molecular formula is C11H13ClN4. The number of aromatic nitrogens is 3. The smallest absolute Gasteiger partial charge is 0.156 e. The minimum atomic E-state index is 0.0917. The molecule has 1 unspecified atom stereocenters. The van der Waals surface area contributed by atoms with E-state index in [2.05, 4.69) is 10.1 Å². The fourth-order valence-electron chi connectivity index (χ4n) is 1.56. The quantitative estimate of drug-likeness (QED) is 0.884. The van der Waals surface area contributed by atoms with Crippen molar-refractivity contribution in [3.05, 3.63) is 41.3 Å². The first kappa shape index (κ1) is 11.1. The summed E-state index contributed by atoms with van der Waals surface area (Å²) < 4.78 is 1.67. The Morgan fingerprint density at radius 2 is 2.38 bits per heavy atom. The van der Waals surface area contributed by atoms with Gasteiger partial charge in [0.2, 0.25) is 0 Å². The van der Waals surface area contributed by atoms with Gasteiger partial charge >= 0.3 is 0 Å². The number of halogens is 1. The topological polar surface area (TPSA) is 56.7 Å². The predicted octanol–water partition coefficient (Wildman–Crippen LogP) is 1.81. The van der Waals surface area contributed by atoms with Gasteiger partial charge in [-0.1, -0.05) is 17.7 Å². The van der Waals surface area contributed by atoms with Crippen molar-refractivity contribution in [3.8, 4) is 5.82 Å². The Labute approximate surface area is 99.1 Å². The first-order valence-electron chi connectivity index (χ1n) is 5.07. The normalized spacial score (nSPS) is 12.7. The molecule has 2 N–H and O–H groups in total. The Balaban J connectivity index is 2.40. The van der Waals surface area contributed by atoms with Crippen LogP contribution in [-0.4, -0.2) is 20.8 Å². The van der Waals surface area contributed by atoms with Gasteiger partial charge in [-0.15, -0.1) is 0 Å². The number of hydrogen-bond donors (Lipinski definition) is 1. The van der Waals surface area contributed by atoms with E-state index in [1.54, 1.807) is 23.3 Å². The van der Waals surface area contributed by atoms with Gasteiger partial charge in [0, 0.05) is 12.2 Å². The zero-order valence-electron chi connectivity index (χ0n) is 8.97. The van der Waals surface area contributed by atoms with Crippen LogP contribution in [0.4, 0.5) is 0 Å². The SMILES string of the molecule is CC(N)Cc1cccnc1-n1cc(Cl)cn1. The summed E-state index contributed by atoms with van der Waals surface area (Å²) in [6.07, 6.45) is 5.82. The van der Waals surface area contributed by atoms with Crippen molar-refractivity contribution >= 4 is 11.6 Å². The van der Waals surface area contributed by atoms with E-state index in [0.29, 0.717) is 5.02 Å². The van der Waals surface area contributed by atoms with E-state index in [4.69, 9.17) is 17.3 Å². The zero-order valence-corrected chi connectivity index (χ0v) is 9.72. The third kappa shape index (κ3) is 2.40. The number of pyridine rings is 1. The molecule has 2 aromatic rings. The number of hydrogen-bond acceptors (Lipinski definition) is 3. The number of rotatable bonds is 3. The Hall–Kier alpha value is -1.39. The first-order chi connectivity index (χ1) is 7.66. The lowest BCUT2D eigenvalue weighted by molar-refractivity contribution is 0.720. The molecule has 0 saturated carbocycles. The van der Waals surface area contributed by atoms with E-state index in [1.165, 1.54) is 0 Å². The molecule has 0 aliphatic heterocycles. The lowest BCUT2D eigenvalue weighted by atomic mass is 10.1. The molecule has 0 radical (unpaired) electrons. The van der Waals surface area contributed by atoms with Gasteiger partial charge in [-0.25, -0.2) is 9.67 Å². The molecule has 0 fully saturated rings. The minimum Gasteiger partial charge on any atom is -0.328 e. The van der Waals surface area contributed by atoms with Crippen molar-refractivity contribution in [2.45, 2.75) is 19.4 Å². The molecule has 5 heteroatoms. The minimum absolute atomic E-state index is 0.0917. The third-order valence-electron chi connectivity index (χ3n) is 2.18. The van der Waals surface area contributed by atoms with Gasteiger partial charge in [0.05, 0.1) is 17.4 Å². The van der Waals surface area contributed by atoms with Crippen LogP contribution in [-0.2, 0) is 6.42 Å². The number of nitrogens with zero attached hydrogens (tertiary/aromatic N) is 3. The fourth-order valence-corrected chi connectivity index (χ4v) is 1.70. The van der Waals surface area contributed by atoms with Crippen LogP contribution in [0.5, 0.6) is 0 Å². The maximum absolute atomic E-state index is 5.83. The van der Waals surface area contributed by atoms with E-state index < -0.39 is 0 Å². The van der Waals surface area contributed by atoms with Crippen molar-refractivity contribution in [1.29, 1.82) is 0 Å². The molecular weight excluding hydrogens is 224 g/mol. The van der Waals surface area contributed by atoms with E-state index in [9.17, 15) is 0 Å². The van der Waals surface area contributed by atoms with Gasteiger partial charge in [-0.2, -0.15) is 5.10 Å². The maximum Gasteiger partial charge on any atom is 0.156 e. The van der Waals surface area contributed by atoms with Gasteiger partial charge in [0.25, 0.3) is 0 Å². The van der Waals surface area contributed by atoms with Crippen molar-refractivity contribution < 1.29 is 0 Å². The maximum atomic E-state index is 5.83. The van der Waals surface area contributed by atoms with Gasteiger partial charge in [0.15, 0.2) is 5.82 Å². The second kappa shape index (κ2) is 4.63. The standard InChI is InChI=1S/C11H13ClN4/c1-8(13)5-9-3-2-4-14-11(9)16-7-10(12)6-15-16/h2-4,6-8H,5,13H2,1H3. The Bertz CT molecular complexity index is 478. The van der Waals surface area contributed by atoms with Crippen LogP contribution in [0.1, 0.15) is 12.5 Å². The Kier molecular flexibility index (Phi) is 3.22. The third-order valence-corrected chi connectivity index (χ3v) is 2.37. The monoisotopic (exact) mass is 236 g/mol. The lowest BCUT2D eigenvalue weighted by Gasteiger charge is -2.09. The van der Waals surface area contributed by atoms with Crippen molar-refractivity contribution in [3.63, 3.8) is 0 Å². The molecule has 0 saturated heterocycles. The Morgan fingerprint density at radius 3 is 3.00 bits per heavy atom. The van der Waals surface area contributed by atoms with Crippen LogP contribution in [0.3, 0.4) is 0 Å². The van der Waals surface area contributed by atoms with Gasteiger partial charge in [0.1, 0.15) is 0 Å².